The van der Waals surface area contributed by atoms with Crippen molar-refractivity contribution in [3.8, 4) is 11.5 Å². The Morgan fingerprint density at radius 1 is 0.774 bits per heavy atom. The summed E-state index contributed by atoms with van der Waals surface area (Å²) in [6.45, 7) is 0. The molecule has 0 aliphatic carbocycles. The van der Waals surface area contributed by atoms with Crippen LogP contribution in [0.25, 0.3) is 0 Å². The van der Waals surface area contributed by atoms with E-state index in [1.165, 1.54) is 0 Å². The highest BCUT2D eigenvalue weighted by Gasteiger charge is 2.13. The van der Waals surface area contributed by atoms with Crippen molar-refractivity contribution in [3.63, 3.8) is 0 Å². The number of methoxy groups -OCH3 is 2. The zero-order chi connectivity index (χ0) is 22.2. The first-order valence-electron chi connectivity index (χ1n) is 9.42. The maximum atomic E-state index is 12.6. The molecule has 0 saturated carbocycles. The topological polar surface area (TPSA) is 88.7 Å². The van der Waals surface area contributed by atoms with Gasteiger partial charge in [-0.15, -0.1) is 0 Å². The van der Waals surface area contributed by atoms with Crippen LogP contribution in [0, 0.1) is 0 Å². The zero-order valence-corrected chi connectivity index (χ0v) is 18.7. The predicted octanol–water partition coefficient (Wildman–Crippen LogP) is 5.29. The molecule has 160 valence electrons. The molecular formula is C23H22BrN3O4. The molecule has 0 fully saturated rings. The highest BCUT2D eigenvalue weighted by Crippen LogP contribution is 2.33. The summed E-state index contributed by atoms with van der Waals surface area (Å²) in [5, 5.41) is 8.34. The Morgan fingerprint density at radius 2 is 1.35 bits per heavy atom. The lowest BCUT2D eigenvalue weighted by Gasteiger charge is -2.13. The van der Waals surface area contributed by atoms with Gasteiger partial charge in [-0.2, -0.15) is 0 Å². The van der Waals surface area contributed by atoms with Crippen molar-refractivity contribution < 1.29 is 19.1 Å². The molecule has 0 atom stereocenters. The third kappa shape index (κ3) is 6.23. The zero-order valence-electron chi connectivity index (χ0n) is 17.1. The fourth-order valence-electron chi connectivity index (χ4n) is 2.90. The van der Waals surface area contributed by atoms with Crippen LogP contribution in [0.5, 0.6) is 11.5 Å². The Morgan fingerprint density at radius 3 is 2.03 bits per heavy atom. The first-order chi connectivity index (χ1) is 15.0. The Labute approximate surface area is 188 Å². The lowest BCUT2D eigenvalue weighted by Crippen LogP contribution is -2.19. The Hall–Kier alpha value is -3.52. The second-order valence-electron chi connectivity index (χ2n) is 6.55. The van der Waals surface area contributed by atoms with Crippen molar-refractivity contribution in [2.75, 3.05) is 30.2 Å². The SMILES string of the molecule is COc1cc(Br)c(CC(=O)Nc2cccc(NC(=O)Nc3ccccc3)c2)cc1OC. The summed E-state index contributed by atoms with van der Waals surface area (Å²) in [4.78, 5) is 24.7. The van der Waals surface area contributed by atoms with Gasteiger partial charge in [-0.3, -0.25) is 4.79 Å². The van der Waals surface area contributed by atoms with Gasteiger partial charge in [0.15, 0.2) is 11.5 Å². The number of amides is 3. The predicted molar refractivity (Wildman–Crippen MR) is 125 cm³/mol. The molecule has 3 N–H and O–H groups in total. The van der Waals surface area contributed by atoms with Gasteiger partial charge in [0.1, 0.15) is 0 Å². The van der Waals surface area contributed by atoms with E-state index in [2.05, 4.69) is 31.9 Å². The Balaban J connectivity index is 1.63. The van der Waals surface area contributed by atoms with E-state index in [4.69, 9.17) is 9.47 Å². The average molecular weight is 484 g/mol. The molecule has 0 radical (unpaired) electrons. The summed E-state index contributed by atoms with van der Waals surface area (Å²) < 4.78 is 11.3. The second kappa shape index (κ2) is 10.5. The summed E-state index contributed by atoms with van der Waals surface area (Å²) in [6.07, 6.45) is 0.132. The number of halogens is 1. The number of ether oxygens (including phenoxy) is 2. The lowest BCUT2D eigenvalue weighted by molar-refractivity contribution is -0.115. The van der Waals surface area contributed by atoms with Crippen LogP contribution in [0.15, 0.2) is 71.2 Å². The largest absolute Gasteiger partial charge is 0.493 e. The molecule has 0 saturated heterocycles. The van der Waals surface area contributed by atoms with Crippen LogP contribution in [-0.2, 0) is 11.2 Å². The molecular weight excluding hydrogens is 462 g/mol. The number of carbonyl (C=O) groups excluding carboxylic acids is 2. The summed E-state index contributed by atoms with van der Waals surface area (Å²) in [7, 11) is 3.10. The number of hydrogen-bond acceptors (Lipinski definition) is 4. The molecule has 0 heterocycles. The molecule has 0 spiro atoms. The third-order valence-corrected chi connectivity index (χ3v) is 5.08. The quantitative estimate of drug-likeness (QED) is 0.425. The molecule has 0 bridgehead atoms. The molecule has 7 nitrogen and oxygen atoms in total. The van der Waals surface area contributed by atoms with E-state index in [9.17, 15) is 9.59 Å². The normalized spacial score (nSPS) is 10.2. The maximum Gasteiger partial charge on any atom is 0.323 e. The molecule has 3 aromatic carbocycles. The third-order valence-electron chi connectivity index (χ3n) is 4.34. The summed E-state index contributed by atoms with van der Waals surface area (Å²) in [5.74, 6) is 0.911. The van der Waals surface area contributed by atoms with Gasteiger partial charge in [0.25, 0.3) is 0 Å². The number of carbonyl (C=O) groups is 2. The van der Waals surface area contributed by atoms with Gasteiger partial charge in [0, 0.05) is 21.5 Å². The Kier molecular flexibility index (Phi) is 7.50. The number of anilines is 3. The molecule has 3 rings (SSSR count). The van der Waals surface area contributed by atoms with Gasteiger partial charge in [-0.05, 0) is 48.0 Å². The van der Waals surface area contributed by atoms with E-state index in [-0.39, 0.29) is 18.4 Å². The van der Waals surface area contributed by atoms with Crippen molar-refractivity contribution >= 4 is 44.9 Å². The lowest BCUT2D eigenvalue weighted by atomic mass is 10.1. The number of hydrogen-bond donors (Lipinski definition) is 3. The standard InChI is InChI=1S/C23H22BrN3O4/c1-30-20-11-15(19(24)14-21(20)31-2)12-22(28)25-17-9-6-10-18(13-17)27-23(29)26-16-7-4-3-5-8-16/h3-11,13-14H,12H2,1-2H3,(H,25,28)(H2,26,27,29). The van der Waals surface area contributed by atoms with Crippen molar-refractivity contribution in [2.45, 2.75) is 6.42 Å². The fourth-order valence-corrected chi connectivity index (χ4v) is 3.36. The number of rotatable bonds is 7. The van der Waals surface area contributed by atoms with Crippen molar-refractivity contribution in [2.24, 2.45) is 0 Å². The second-order valence-corrected chi connectivity index (χ2v) is 7.40. The molecule has 8 heteroatoms. The number of nitrogens with one attached hydrogen (secondary N) is 3. The fraction of sp³-hybridized carbons (Fsp3) is 0.130. The van der Waals surface area contributed by atoms with Gasteiger partial charge in [-0.25, -0.2) is 4.79 Å². The molecule has 3 aromatic rings. The number of benzene rings is 3. The van der Waals surface area contributed by atoms with E-state index in [0.717, 1.165) is 10.0 Å². The number of urea groups is 1. The van der Waals surface area contributed by atoms with E-state index in [1.807, 2.05) is 18.2 Å². The van der Waals surface area contributed by atoms with Gasteiger partial charge in [0.05, 0.1) is 20.6 Å². The van der Waals surface area contributed by atoms with E-state index in [0.29, 0.717) is 28.6 Å². The van der Waals surface area contributed by atoms with E-state index < -0.39 is 0 Å². The highest BCUT2D eigenvalue weighted by molar-refractivity contribution is 9.10. The van der Waals surface area contributed by atoms with Crippen LogP contribution >= 0.6 is 15.9 Å². The van der Waals surface area contributed by atoms with Crippen LogP contribution < -0.4 is 25.4 Å². The number of para-hydroxylation sites is 1. The molecule has 0 aromatic heterocycles. The van der Waals surface area contributed by atoms with Crippen LogP contribution in [0.3, 0.4) is 0 Å². The van der Waals surface area contributed by atoms with Gasteiger partial charge in [-0.1, -0.05) is 40.2 Å². The monoisotopic (exact) mass is 483 g/mol. The summed E-state index contributed by atoms with van der Waals surface area (Å²) in [6, 6.07) is 19.2. The van der Waals surface area contributed by atoms with Crippen LogP contribution in [0.2, 0.25) is 0 Å². The smallest absolute Gasteiger partial charge is 0.323 e. The molecule has 0 unspecified atom stereocenters. The molecule has 31 heavy (non-hydrogen) atoms. The van der Waals surface area contributed by atoms with Crippen LogP contribution in [0.4, 0.5) is 21.9 Å². The van der Waals surface area contributed by atoms with E-state index >= 15 is 0 Å². The van der Waals surface area contributed by atoms with Crippen LogP contribution in [0.1, 0.15) is 5.56 Å². The first-order valence-corrected chi connectivity index (χ1v) is 10.2. The Bertz CT molecular complexity index is 1070. The van der Waals surface area contributed by atoms with Gasteiger partial charge >= 0.3 is 6.03 Å². The first kappa shape index (κ1) is 22.2. The molecule has 0 aliphatic heterocycles. The molecule has 3 amide bonds. The summed E-state index contributed by atoms with van der Waals surface area (Å²) in [5.41, 5.74) is 2.56. The maximum absolute atomic E-state index is 12.6. The minimum Gasteiger partial charge on any atom is -0.493 e. The van der Waals surface area contributed by atoms with Crippen molar-refractivity contribution in [1.29, 1.82) is 0 Å². The minimum atomic E-state index is -0.371. The van der Waals surface area contributed by atoms with Crippen LogP contribution in [-0.4, -0.2) is 26.2 Å². The van der Waals surface area contributed by atoms with E-state index in [1.54, 1.807) is 62.8 Å². The van der Waals surface area contributed by atoms with Crippen molar-refractivity contribution in [3.05, 3.63) is 76.8 Å². The van der Waals surface area contributed by atoms with Gasteiger partial charge in [0.2, 0.25) is 5.91 Å². The van der Waals surface area contributed by atoms with Gasteiger partial charge < -0.3 is 25.4 Å². The average Bonchev–Trinajstić information content (AvgIpc) is 2.75. The molecule has 0 aliphatic rings. The minimum absolute atomic E-state index is 0.132. The summed E-state index contributed by atoms with van der Waals surface area (Å²) >= 11 is 3.46. The van der Waals surface area contributed by atoms with Crippen molar-refractivity contribution in [1.82, 2.24) is 0 Å². The highest BCUT2D eigenvalue weighted by atomic mass is 79.9.